The van der Waals surface area contributed by atoms with Crippen LogP contribution in [0.15, 0.2) is 12.2 Å². The Kier molecular flexibility index (Phi) is 5.95. The maximum Gasteiger partial charge on any atom is 0.317 e. The summed E-state index contributed by atoms with van der Waals surface area (Å²) in [6, 6.07) is 0. The lowest BCUT2D eigenvalue weighted by Gasteiger charge is -2.05. The van der Waals surface area contributed by atoms with Gasteiger partial charge in [0.25, 0.3) is 0 Å². The van der Waals surface area contributed by atoms with Crippen LogP contribution in [0.25, 0.3) is 0 Å². The number of rotatable bonds is 7. The number of cyclic esters (lactones) is 2. The van der Waals surface area contributed by atoms with E-state index in [0.717, 1.165) is 12.3 Å². The number of hydrogen-bond donors (Lipinski definition) is 0. The van der Waals surface area contributed by atoms with Crippen LogP contribution in [-0.2, 0) is 14.3 Å². The number of ether oxygens (including phenoxy) is 1. The molecule has 1 rings (SSSR count). The van der Waals surface area contributed by atoms with Gasteiger partial charge in [-0.25, -0.2) is 0 Å². The Balaban J connectivity index is 2.10. The van der Waals surface area contributed by atoms with Crippen molar-refractivity contribution in [2.75, 3.05) is 0 Å². The second kappa shape index (κ2) is 7.25. The third-order valence-electron chi connectivity index (χ3n) is 3.31. The molecule has 1 aliphatic heterocycles. The molecule has 2 atom stereocenters. The van der Waals surface area contributed by atoms with Gasteiger partial charge in [0.1, 0.15) is 0 Å². The molecule has 17 heavy (non-hydrogen) atoms. The van der Waals surface area contributed by atoms with Crippen molar-refractivity contribution in [2.45, 2.75) is 52.4 Å². The van der Waals surface area contributed by atoms with Gasteiger partial charge < -0.3 is 4.74 Å². The highest BCUT2D eigenvalue weighted by atomic mass is 16.6. The summed E-state index contributed by atoms with van der Waals surface area (Å²) in [4.78, 5) is 22.0. The molecule has 3 nitrogen and oxygen atoms in total. The third kappa shape index (κ3) is 5.16. The first kappa shape index (κ1) is 13.9. The zero-order chi connectivity index (χ0) is 12.7. The maximum absolute atomic E-state index is 11.2. The average molecular weight is 238 g/mol. The fraction of sp³-hybridized carbons (Fsp3) is 0.714. The largest absolute Gasteiger partial charge is 0.393 e. The van der Waals surface area contributed by atoms with Gasteiger partial charge in [0.15, 0.2) is 0 Å². The summed E-state index contributed by atoms with van der Waals surface area (Å²) in [5, 5.41) is 0. The Hall–Kier alpha value is -1.12. The lowest BCUT2D eigenvalue weighted by atomic mass is 10.0. The average Bonchev–Trinajstić information content (AvgIpc) is 2.62. The maximum atomic E-state index is 11.2. The molecule has 0 aromatic heterocycles. The fourth-order valence-corrected chi connectivity index (χ4v) is 1.87. The van der Waals surface area contributed by atoms with Crippen molar-refractivity contribution in [3.8, 4) is 0 Å². The minimum Gasteiger partial charge on any atom is -0.393 e. The van der Waals surface area contributed by atoms with Gasteiger partial charge in [0.2, 0.25) is 0 Å². The molecular weight excluding hydrogens is 216 g/mol. The summed E-state index contributed by atoms with van der Waals surface area (Å²) in [6.07, 6.45) is 9.73. The molecule has 0 aliphatic carbocycles. The molecule has 3 heteroatoms. The Morgan fingerprint density at radius 3 is 2.76 bits per heavy atom. The van der Waals surface area contributed by atoms with Crippen LogP contribution in [0.2, 0.25) is 0 Å². The first-order chi connectivity index (χ1) is 8.13. The summed E-state index contributed by atoms with van der Waals surface area (Å²) < 4.78 is 4.49. The van der Waals surface area contributed by atoms with E-state index >= 15 is 0 Å². The van der Waals surface area contributed by atoms with Crippen molar-refractivity contribution in [1.29, 1.82) is 0 Å². The lowest BCUT2D eigenvalue weighted by Crippen LogP contribution is -2.05. The molecule has 0 saturated carbocycles. The topological polar surface area (TPSA) is 43.4 Å². The van der Waals surface area contributed by atoms with E-state index in [1.807, 2.05) is 6.08 Å². The molecular formula is C14H22O3. The van der Waals surface area contributed by atoms with E-state index in [4.69, 9.17) is 0 Å². The lowest BCUT2D eigenvalue weighted by molar-refractivity contribution is -0.153. The quantitative estimate of drug-likeness (QED) is 0.296. The first-order valence-corrected chi connectivity index (χ1v) is 6.53. The van der Waals surface area contributed by atoms with Crippen molar-refractivity contribution in [2.24, 2.45) is 11.8 Å². The number of unbranched alkanes of at least 4 members (excludes halogenated alkanes) is 1. The van der Waals surface area contributed by atoms with Crippen LogP contribution >= 0.6 is 0 Å². The summed E-state index contributed by atoms with van der Waals surface area (Å²) in [5.41, 5.74) is 0. The Labute approximate surface area is 103 Å². The van der Waals surface area contributed by atoms with Crippen LogP contribution in [0, 0.1) is 11.8 Å². The smallest absolute Gasteiger partial charge is 0.317 e. The van der Waals surface area contributed by atoms with E-state index in [0.29, 0.717) is 6.42 Å². The van der Waals surface area contributed by atoms with Gasteiger partial charge in [0, 0.05) is 0 Å². The third-order valence-corrected chi connectivity index (χ3v) is 3.31. The minimum atomic E-state index is -0.384. The molecule has 1 fully saturated rings. The van der Waals surface area contributed by atoms with E-state index in [1.54, 1.807) is 0 Å². The van der Waals surface area contributed by atoms with Crippen LogP contribution in [-0.4, -0.2) is 11.9 Å². The van der Waals surface area contributed by atoms with Gasteiger partial charge in [-0.3, -0.25) is 9.59 Å². The van der Waals surface area contributed by atoms with Gasteiger partial charge in [-0.1, -0.05) is 38.8 Å². The first-order valence-electron chi connectivity index (χ1n) is 6.53. The number of allylic oxidation sites excluding steroid dienone is 2. The van der Waals surface area contributed by atoms with E-state index in [1.165, 1.54) is 19.3 Å². The second-order valence-corrected chi connectivity index (χ2v) is 4.85. The zero-order valence-electron chi connectivity index (χ0n) is 10.8. The Morgan fingerprint density at radius 2 is 2.18 bits per heavy atom. The highest BCUT2D eigenvalue weighted by molar-refractivity contribution is 5.94. The van der Waals surface area contributed by atoms with Crippen LogP contribution in [0.5, 0.6) is 0 Å². The van der Waals surface area contributed by atoms with Crippen LogP contribution in [0.4, 0.5) is 0 Å². The standard InChI is InChI=1S/C14H22O3/c1-3-11(2)8-6-4-5-7-9-12-10-13(15)17-14(12)16/h5,7,11-12H,3-4,6,8-10H2,1-2H3. The molecule has 1 aliphatic rings. The monoisotopic (exact) mass is 238 g/mol. The van der Waals surface area contributed by atoms with Crippen LogP contribution in [0.3, 0.4) is 0 Å². The highest BCUT2D eigenvalue weighted by Gasteiger charge is 2.31. The van der Waals surface area contributed by atoms with Crippen LogP contribution < -0.4 is 0 Å². The predicted molar refractivity (Wildman–Crippen MR) is 66.3 cm³/mol. The van der Waals surface area contributed by atoms with E-state index in [9.17, 15) is 9.59 Å². The van der Waals surface area contributed by atoms with E-state index < -0.39 is 0 Å². The van der Waals surface area contributed by atoms with Crippen molar-refractivity contribution in [3.63, 3.8) is 0 Å². The van der Waals surface area contributed by atoms with Crippen molar-refractivity contribution in [3.05, 3.63) is 12.2 Å². The second-order valence-electron chi connectivity index (χ2n) is 4.85. The highest BCUT2D eigenvalue weighted by Crippen LogP contribution is 2.20. The molecule has 1 heterocycles. The molecule has 0 amide bonds. The molecule has 0 N–H and O–H groups in total. The van der Waals surface area contributed by atoms with Crippen LogP contribution in [0.1, 0.15) is 52.4 Å². The molecule has 0 aromatic carbocycles. The van der Waals surface area contributed by atoms with E-state index in [2.05, 4.69) is 24.7 Å². The SMILES string of the molecule is CCC(C)CCCC=CCC1CC(=O)OC1=O. The molecule has 0 bridgehead atoms. The number of carbonyl (C=O) groups is 2. The Bertz CT molecular complexity index is 294. The van der Waals surface area contributed by atoms with Gasteiger partial charge in [-0.05, 0) is 25.2 Å². The van der Waals surface area contributed by atoms with Gasteiger partial charge in [-0.2, -0.15) is 0 Å². The molecule has 0 radical (unpaired) electrons. The number of hydrogen-bond acceptors (Lipinski definition) is 3. The summed E-state index contributed by atoms with van der Waals surface area (Å²) >= 11 is 0. The van der Waals surface area contributed by atoms with Crippen molar-refractivity contribution >= 4 is 11.9 Å². The fourth-order valence-electron chi connectivity index (χ4n) is 1.87. The molecule has 0 aromatic rings. The van der Waals surface area contributed by atoms with Crippen molar-refractivity contribution < 1.29 is 14.3 Å². The van der Waals surface area contributed by atoms with Gasteiger partial charge >= 0.3 is 11.9 Å². The zero-order valence-corrected chi connectivity index (χ0v) is 10.8. The van der Waals surface area contributed by atoms with Crippen molar-refractivity contribution in [1.82, 2.24) is 0 Å². The van der Waals surface area contributed by atoms with Gasteiger partial charge in [-0.15, -0.1) is 0 Å². The molecule has 1 saturated heterocycles. The predicted octanol–water partition coefficient (Wildman–Crippen LogP) is 3.24. The normalized spacial score (nSPS) is 22.1. The number of esters is 2. The summed E-state index contributed by atoms with van der Waals surface area (Å²) in [7, 11) is 0. The summed E-state index contributed by atoms with van der Waals surface area (Å²) in [5.74, 6) is -0.191. The van der Waals surface area contributed by atoms with Gasteiger partial charge in [0.05, 0.1) is 12.3 Å². The summed E-state index contributed by atoms with van der Waals surface area (Å²) in [6.45, 7) is 4.48. The molecule has 96 valence electrons. The molecule has 0 spiro atoms. The number of carbonyl (C=O) groups excluding carboxylic acids is 2. The Morgan fingerprint density at radius 1 is 1.41 bits per heavy atom. The molecule has 2 unspecified atom stereocenters. The van der Waals surface area contributed by atoms with E-state index in [-0.39, 0.29) is 24.3 Å². The minimum absolute atomic E-state index is 0.242.